The highest BCUT2D eigenvalue weighted by atomic mass is 35.5. The number of anilines is 1. The van der Waals surface area contributed by atoms with E-state index >= 15 is 4.39 Å². The topological polar surface area (TPSA) is 88.5 Å². The number of carbonyl (C=O) groups excluding carboxylic acids is 1. The number of carboxylic acid groups (broad SMARTS) is 1. The molecule has 0 saturated carbocycles. The van der Waals surface area contributed by atoms with Crippen LogP contribution in [0.1, 0.15) is 74.0 Å². The highest BCUT2D eigenvalue weighted by Crippen LogP contribution is 2.33. The van der Waals surface area contributed by atoms with Gasteiger partial charge in [-0.05, 0) is 44.5 Å². The highest BCUT2D eigenvalue weighted by molar-refractivity contribution is 7.14. The normalized spacial score (nSPS) is 12.4. The van der Waals surface area contributed by atoms with Crippen molar-refractivity contribution in [3.05, 3.63) is 73.8 Å². The van der Waals surface area contributed by atoms with Crippen molar-refractivity contribution in [2.45, 2.75) is 52.6 Å². The van der Waals surface area contributed by atoms with E-state index in [-0.39, 0.29) is 26.3 Å². The minimum absolute atomic E-state index is 0.0468. The molecule has 0 saturated heterocycles. The van der Waals surface area contributed by atoms with Crippen LogP contribution in [0.2, 0.25) is 10.0 Å². The van der Waals surface area contributed by atoms with Gasteiger partial charge in [0.1, 0.15) is 5.82 Å². The molecule has 3 rings (SSSR count). The monoisotopic (exact) mass is 578 g/mol. The number of aromatic nitrogens is 1. The van der Waals surface area contributed by atoms with Crippen molar-refractivity contribution in [1.29, 1.82) is 0 Å². The minimum atomic E-state index is -1.11. The summed E-state index contributed by atoms with van der Waals surface area (Å²) in [4.78, 5) is 28.3. The van der Waals surface area contributed by atoms with E-state index < -0.39 is 23.8 Å². The summed E-state index contributed by atoms with van der Waals surface area (Å²) in [6.07, 6.45) is 5.25. The van der Waals surface area contributed by atoms with Crippen LogP contribution in [0, 0.1) is 5.82 Å². The van der Waals surface area contributed by atoms with Gasteiger partial charge in [-0.1, -0.05) is 61.5 Å². The molecule has 1 atom stereocenters. The van der Waals surface area contributed by atoms with E-state index in [2.05, 4.69) is 17.2 Å². The number of hydrogen-bond donors (Lipinski definition) is 2. The maximum Gasteiger partial charge on any atom is 0.331 e. The summed E-state index contributed by atoms with van der Waals surface area (Å²) >= 11 is 13.7. The van der Waals surface area contributed by atoms with Crippen molar-refractivity contribution in [3.63, 3.8) is 0 Å². The quantitative estimate of drug-likeness (QED) is 0.166. The van der Waals surface area contributed by atoms with Crippen LogP contribution in [0.15, 0.2) is 41.3 Å². The first-order valence-electron chi connectivity index (χ1n) is 12.2. The fourth-order valence-corrected chi connectivity index (χ4v) is 5.00. The average Bonchev–Trinajstić information content (AvgIpc) is 3.33. The lowest BCUT2D eigenvalue weighted by molar-refractivity contribution is -0.132. The molecule has 0 aliphatic rings. The lowest BCUT2D eigenvalue weighted by Crippen LogP contribution is -2.12. The zero-order valence-electron chi connectivity index (χ0n) is 21.3. The number of ether oxygens (including phenoxy) is 1. The standard InChI is InChI=1S/C28H29Cl2FN2O4S/c1-4-5-6-7-11-37-17(3)19-9-8-10-20(25(19)31)24-15-38-28(32-24)33-26(34)18-13-22(29)21(23(30)14-18)12-16(2)27(35)36/h8-10,12-15,17H,4-7,11H2,1-3H3,(H,35,36)(H,32,33,34). The molecule has 3 aromatic rings. The first kappa shape index (κ1) is 29.8. The average molecular weight is 580 g/mol. The predicted octanol–water partition coefficient (Wildman–Crippen LogP) is 8.65. The molecular weight excluding hydrogens is 550 g/mol. The molecule has 0 fully saturated rings. The maximum absolute atomic E-state index is 15.4. The number of benzene rings is 2. The number of carboxylic acids is 1. The van der Waals surface area contributed by atoms with Crippen LogP contribution in [0.4, 0.5) is 9.52 Å². The van der Waals surface area contributed by atoms with Gasteiger partial charge < -0.3 is 9.84 Å². The Labute approximate surface area is 235 Å². The zero-order chi connectivity index (χ0) is 27.8. The molecular formula is C28H29Cl2FN2O4S. The summed E-state index contributed by atoms with van der Waals surface area (Å²) in [5, 5.41) is 14.0. The molecule has 1 unspecified atom stereocenters. The molecule has 6 nitrogen and oxygen atoms in total. The minimum Gasteiger partial charge on any atom is -0.478 e. The smallest absolute Gasteiger partial charge is 0.331 e. The van der Waals surface area contributed by atoms with Crippen LogP contribution in [-0.2, 0) is 9.53 Å². The van der Waals surface area contributed by atoms with E-state index in [1.165, 1.54) is 25.1 Å². The van der Waals surface area contributed by atoms with E-state index in [0.29, 0.717) is 29.0 Å². The Balaban J connectivity index is 1.73. The summed E-state index contributed by atoms with van der Waals surface area (Å²) < 4.78 is 21.2. The second kappa shape index (κ2) is 13.8. The van der Waals surface area contributed by atoms with Gasteiger partial charge in [-0.2, -0.15) is 0 Å². The molecule has 1 heterocycles. The predicted molar refractivity (Wildman–Crippen MR) is 152 cm³/mol. The Morgan fingerprint density at radius 3 is 2.58 bits per heavy atom. The van der Waals surface area contributed by atoms with Gasteiger partial charge in [0.2, 0.25) is 0 Å². The first-order chi connectivity index (χ1) is 18.1. The lowest BCUT2D eigenvalue weighted by Gasteiger charge is -2.15. The summed E-state index contributed by atoms with van der Waals surface area (Å²) in [6, 6.07) is 7.89. The number of thiazole rings is 1. The number of nitrogens with one attached hydrogen (secondary N) is 1. The molecule has 0 bridgehead atoms. The van der Waals surface area contributed by atoms with Gasteiger partial charge >= 0.3 is 5.97 Å². The number of halogens is 3. The fraction of sp³-hybridized carbons (Fsp3) is 0.321. The largest absolute Gasteiger partial charge is 0.478 e. The van der Waals surface area contributed by atoms with E-state index in [1.54, 1.807) is 23.6 Å². The SMILES string of the molecule is CCCCCCOC(C)c1cccc(-c2csc(NC(=O)c3cc(Cl)c(C=C(C)C(=O)O)c(Cl)c3)n2)c1F. The van der Waals surface area contributed by atoms with E-state index in [1.807, 2.05) is 6.92 Å². The van der Waals surface area contributed by atoms with E-state index in [9.17, 15) is 9.59 Å². The van der Waals surface area contributed by atoms with Crippen LogP contribution in [-0.4, -0.2) is 28.6 Å². The third kappa shape index (κ3) is 7.63. The van der Waals surface area contributed by atoms with Crippen molar-refractivity contribution in [3.8, 4) is 11.3 Å². The van der Waals surface area contributed by atoms with Crippen molar-refractivity contribution in [2.24, 2.45) is 0 Å². The number of aliphatic carboxylic acids is 1. The van der Waals surface area contributed by atoms with Gasteiger partial charge in [0, 0.05) is 39.8 Å². The Morgan fingerprint density at radius 1 is 1.21 bits per heavy atom. The van der Waals surface area contributed by atoms with E-state index in [4.69, 9.17) is 33.0 Å². The van der Waals surface area contributed by atoms with Crippen LogP contribution in [0.3, 0.4) is 0 Å². The number of nitrogens with zero attached hydrogens (tertiary/aromatic N) is 1. The van der Waals surface area contributed by atoms with Crippen molar-refractivity contribution in [1.82, 2.24) is 4.98 Å². The lowest BCUT2D eigenvalue weighted by atomic mass is 10.0. The van der Waals surface area contributed by atoms with Crippen molar-refractivity contribution >= 4 is 57.6 Å². The number of unbranched alkanes of at least 4 members (excludes halogenated alkanes) is 3. The second-order valence-corrected chi connectivity index (χ2v) is 10.4. The number of hydrogen-bond acceptors (Lipinski definition) is 5. The van der Waals surface area contributed by atoms with Crippen LogP contribution >= 0.6 is 34.5 Å². The number of amides is 1. The molecule has 0 radical (unpaired) electrons. The van der Waals surface area contributed by atoms with Gasteiger partial charge in [-0.3, -0.25) is 10.1 Å². The molecule has 10 heteroatoms. The molecule has 0 aliphatic heterocycles. The van der Waals surface area contributed by atoms with Gasteiger partial charge in [0.15, 0.2) is 5.13 Å². The molecule has 0 aliphatic carbocycles. The van der Waals surface area contributed by atoms with Crippen LogP contribution < -0.4 is 5.32 Å². The van der Waals surface area contributed by atoms with Gasteiger partial charge in [0.05, 0.1) is 21.8 Å². The molecule has 1 amide bonds. The van der Waals surface area contributed by atoms with Crippen LogP contribution in [0.25, 0.3) is 17.3 Å². The summed E-state index contributed by atoms with van der Waals surface area (Å²) in [5.41, 5.74) is 1.67. The Bertz CT molecular complexity index is 1320. The first-order valence-corrected chi connectivity index (χ1v) is 13.8. The molecule has 38 heavy (non-hydrogen) atoms. The summed E-state index contributed by atoms with van der Waals surface area (Å²) in [5.74, 6) is -2.03. The van der Waals surface area contributed by atoms with E-state index in [0.717, 1.165) is 37.0 Å². The highest BCUT2D eigenvalue weighted by Gasteiger charge is 2.19. The molecule has 2 N–H and O–H groups in total. The number of rotatable bonds is 12. The van der Waals surface area contributed by atoms with Gasteiger partial charge in [-0.25, -0.2) is 14.2 Å². The van der Waals surface area contributed by atoms with Gasteiger partial charge in [-0.15, -0.1) is 11.3 Å². The molecule has 202 valence electrons. The summed E-state index contributed by atoms with van der Waals surface area (Å²) in [7, 11) is 0. The van der Waals surface area contributed by atoms with Crippen molar-refractivity contribution in [2.75, 3.05) is 11.9 Å². The van der Waals surface area contributed by atoms with Crippen molar-refractivity contribution < 1.29 is 23.8 Å². The third-order valence-corrected chi connectivity index (χ3v) is 7.26. The Morgan fingerprint density at radius 2 is 1.92 bits per heavy atom. The summed E-state index contributed by atoms with van der Waals surface area (Å²) in [6.45, 7) is 5.96. The zero-order valence-corrected chi connectivity index (χ0v) is 23.6. The van der Waals surface area contributed by atoms with Gasteiger partial charge in [0.25, 0.3) is 5.91 Å². The molecule has 1 aromatic heterocycles. The maximum atomic E-state index is 15.4. The fourth-order valence-electron chi connectivity index (χ4n) is 3.70. The second-order valence-electron chi connectivity index (χ2n) is 8.76. The number of carbonyl (C=O) groups is 2. The Kier molecular flexibility index (Phi) is 10.8. The molecule has 0 spiro atoms. The Hall–Kier alpha value is -2.78. The van der Waals surface area contributed by atoms with Crippen LogP contribution in [0.5, 0.6) is 0 Å². The molecule has 2 aromatic carbocycles. The third-order valence-electron chi connectivity index (χ3n) is 5.87.